The summed E-state index contributed by atoms with van der Waals surface area (Å²) < 4.78 is 46.7. The highest BCUT2D eigenvalue weighted by atomic mass is 32.2. The van der Waals surface area contributed by atoms with E-state index in [1.54, 1.807) is 11.9 Å². The van der Waals surface area contributed by atoms with Gasteiger partial charge in [-0.25, -0.2) is 0 Å². The van der Waals surface area contributed by atoms with E-state index in [-0.39, 0.29) is 20.1 Å². The average Bonchev–Trinajstić information content (AvgIpc) is 0.898. The van der Waals surface area contributed by atoms with Gasteiger partial charge in [0.25, 0.3) is 20.1 Å². The van der Waals surface area contributed by atoms with Crippen molar-refractivity contribution in [1.29, 1.82) is 0 Å². The van der Waals surface area contributed by atoms with Gasteiger partial charge in [-0.2, -0.15) is 0 Å². The minimum Gasteiger partial charge on any atom is -0.458 e. The molecule has 0 N–H and O–H groups in total. The molecule has 6 aliphatic heterocycles. The van der Waals surface area contributed by atoms with Crippen LogP contribution in [-0.4, -0.2) is 40.1 Å². The molecule has 9 nitrogen and oxygen atoms in total. The second-order valence-electron chi connectivity index (χ2n) is 29.0. The lowest BCUT2D eigenvalue weighted by atomic mass is 9.30. The first kappa shape index (κ1) is 56.6. The van der Waals surface area contributed by atoms with Gasteiger partial charge in [0.1, 0.15) is 57.5 Å². The van der Waals surface area contributed by atoms with Gasteiger partial charge in [-0.3, -0.25) is 4.31 Å². The standard InChI is InChI=1S/C87H61B3N4O5S/c1-44-10-18-67-55(26-44)56-27-45(2)11-19-68(56)91(67)52-34-74-85-80(35-52)98-78-43-79-66(90-63-33-51(8)17-25-76(63)96-82-37-54(39-84(99-79)87(82)90)93-71-22-14-48(5)30-59(71)60-31-49(6)15-23-72(60)93)41-65(78)88(85)61-40-64-77(42-73(61)94(74)100-9)97-83-38-53(36-81-86(83)89(64)62-32-50(7)16-24-75(62)95-81)92-69-20-12-46(3)28-57(69)58-29-47(4)13-21-70(58)92/h10-43H,1-9H3. The van der Waals surface area contributed by atoms with E-state index in [1.807, 2.05) is 0 Å². The maximum atomic E-state index is 7.67. The summed E-state index contributed by atoms with van der Waals surface area (Å²) in [4.78, 5) is 0. The van der Waals surface area contributed by atoms with Crippen LogP contribution in [0.25, 0.3) is 82.5 Å². The van der Waals surface area contributed by atoms with E-state index in [2.05, 4.69) is 286 Å². The molecule has 22 rings (SSSR count). The Bertz CT molecular complexity index is 6360. The Morgan fingerprint density at radius 2 is 0.520 bits per heavy atom. The first-order chi connectivity index (χ1) is 48.7. The van der Waals surface area contributed by atoms with Crippen molar-refractivity contribution in [3.63, 3.8) is 0 Å². The summed E-state index contributed by atoms with van der Waals surface area (Å²) in [6.07, 6.45) is 2.19. The predicted molar refractivity (Wildman–Crippen MR) is 416 cm³/mol. The molecule has 13 heteroatoms. The van der Waals surface area contributed by atoms with Crippen LogP contribution in [0.2, 0.25) is 0 Å². The first-order valence-electron chi connectivity index (χ1n) is 34.6. The number of ether oxygens (including phenoxy) is 5. The largest absolute Gasteiger partial charge is 0.458 e. The van der Waals surface area contributed by atoms with Crippen LogP contribution in [0.15, 0.2) is 206 Å². The van der Waals surface area contributed by atoms with Crippen molar-refractivity contribution < 1.29 is 23.7 Å². The van der Waals surface area contributed by atoms with Gasteiger partial charge >= 0.3 is 0 Å². The Morgan fingerprint density at radius 3 is 0.880 bits per heavy atom. The summed E-state index contributed by atoms with van der Waals surface area (Å²) in [5.74, 6) is 7.88. The highest BCUT2D eigenvalue weighted by Gasteiger charge is 2.49. The van der Waals surface area contributed by atoms with Gasteiger partial charge in [0.05, 0.1) is 61.5 Å². The Kier molecular flexibility index (Phi) is 11.3. The van der Waals surface area contributed by atoms with Crippen molar-refractivity contribution in [1.82, 2.24) is 13.7 Å². The van der Waals surface area contributed by atoms with Crippen LogP contribution in [-0.2, 0) is 0 Å². The maximum Gasteiger partial charge on any atom is 0.260 e. The van der Waals surface area contributed by atoms with Crippen molar-refractivity contribution >= 4 is 158 Å². The fourth-order valence-corrected chi connectivity index (χ4v) is 18.8. The first-order valence-corrected chi connectivity index (χ1v) is 35.8. The third-order valence-electron chi connectivity index (χ3n) is 22.4. The number of nitrogens with zero attached hydrogens (tertiary/aromatic N) is 4. The highest BCUT2D eigenvalue weighted by molar-refractivity contribution is 8.00. The molecule has 0 saturated heterocycles. The van der Waals surface area contributed by atoms with E-state index >= 15 is 0 Å². The zero-order valence-electron chi connectivity index (χ0n) is 56.6. The van der Waals surface area contributed by atoms with Gasteiger partial charge in [-0.05, 0) is 197 Å². The normalized spacial score (nSPS) is 13.8. The number of aryl methyl sites for hydroxylation is 8. The molecule has 16 aromatic rings. The molecule has 0 atom stereocenters. The molecule has 13 aromatic carbocycles. The molecule has 0 unspecified atom stereocenters. The van der Waals surface area contributed by atoms with E-state index < -0.39 is 0 Å². The SMILES string of the molecule is CSN1c2cc3c(cc2B2c4cc5c(cc4Oc4cc(-n6c7ccc(C)cc7c7cc(C)ccc76)cc1c42)Oc1cc(-n2c4ccc(C)cc4c4cc(C)ccc42)cc2c1B5c1cc(C)ccc1O2)B1c2cc(C)ccc2Oc2cc(-n4c5ccc(C)cc5c5cc(C)ccc54)cc(c21)O3. The smallest absolute Gasteiger partial charge is 0.260 e. The Morgan fingerprint density at radius 1 is 0.240 bits per heavy atom. The van der Waals surface area contributed by atoms with E-state index in [0.717, 1.165) is 179 Å². The van der Waals surface area contributed by atoms with Crippen LogP contribution in [0.3, 0.4) is 0 Å². The maximum absolute atomic E-state index is 7.67. The molecule has 100 heavy (non-hydrogen) atoms. The summed E-state index contributed by atoms with van der Waals surface area (Å²) in [7, 11) is 0. The minimum absolute atomic E-state index is 0.220. The molecule has 9 heterocycles. The minimum atomic E-state index is -0.300. The van der Waals surface area contributed by atoms with Crippen LogP contribution < -0.4 is 77.2 Å². The molecule has 0 saturated carbocycles. The Balaban J connectivity index is 0.780. The van der Waals surface area contributed by atoms with Crippen molar-refractivity contribution in [2.45, 2.75) is 55.4 Å². The van der Waals surface area contributed by atoms with Crippen molar-refractivity contribution in [3.8, 4) is 74.6 Å². The zero-order valence-corrected chi connectivity index (χ0v) is 57.4. The second-order valence-corrected chi connectivity index (χ2v) is 29.7. The third-order valence-corrected chi connectivity index (χ3v) is 23.1. The lowest BCUT2D eigenvalue weighted by Crippen LogP contribution is -2.64. The predicted octanol–water partition coefficient (Wildman–Crippen LogP) is 16.3. The molecule has 0 aliphatic carbocycles. The van der Waals surface area contributed by atoms with Crippen LogP contribution in [0.1, 0.15) is 44.5 Å². The van der Waals surface area contributed by atoms with Crippen molar-refractivity contribution in [3.05, 3.63) is 251 Å². The summed E-state index contributed by atoms with van der Waals surface area (Å²) in [6, 6.07) is 77.1. The van der Waals surface area contributed by atoms with E-state index in [1.165, 1.54) is 65.7 Å². The van der Waals surface area contributed by atoms with Gasteiger partial charge in [0.15, 0.2) is 0 Å². The molecule has 0 radical (unpaired) electrons. The summed E-state index contributed by atoms with van der Waals surface area (Å²) in [5, 5.41) is 7.29. The lowest BCUT2D eigenvalue weighted by molar-refractivity contribution is 0.456. The van der Waals surface area contributed by atoms with Crippen molar-refractivity contribution in [2.24, 2.45) is 0 Å². The van der Waals surface area contributed by atoms with Crippen LogP contribution in [0.4, 0.5) is 11.4 Å². The van der Waals surface area contributed by atoms with E-state index in [0.29, 0.717) is 0 Å². The molecule has 3 aromatic heterocycles. The quantitative estimate of drug-likeness (QED) is 0.128. The fourth-order valence-electron chi connectivity index (χ4n) is 18.1. The Hall–Kier alpha value is -11.4. The fraction of sp³-hybridized carbons (Fsp3) is 0.103. The molecule has 474 valence electrons. The molecule has 6 aliphatic rings. The topological polar surface area (TPSA) is 64.2 Å². The van der Waals surface area contributed by atoms with Crippen molar-refractivity contribution in [2.75, 3.05) is 10.6 Å². The monoisotopic (exact) mass is 1310 g/mol. The second kappa shape index (κ2) is 19.9. The summed E-state index contributed by atoms with van der Waals surface area (Å²) in [5.41, 5.74) is 31.2. The van der Waals surface area contributed by atoms with Gasteiger partial charge in [0, 0.05) is 92.0 Å². The summed E-state index contributed by atoms with van der Waals surface area (Å²) in [6.45, 7) is 16.7. The molecule has 0 bridgehead atoms. The summed E-state index contributed by atoms with van der Waals surface area (Å²) >= 11 is 1.70. The number of aromatic nitrogens is 3. The average molecular weight is 1310 g/mol. The molecule has 0 spiro atoms. The Labute approximate surface area is 583 Å². The number of anilines is 2. The number of benzene rings is 13. The van der Waals surface area contributed by atoms with Gasteiger partial charge < -0.3 is 37.4 Å². The van der Waals surface area contributed by atoms with Gasteiger partial charge in [0.2, 0.25) is 0 Å². The third kappa shape index (κ3) is 7.73. The number of hydrogen-bond acceptors (Lipinski definition) is 7. The lowest BCUT2D eigenvalue weighted by Gasteiger charge is -2.41. The molecular weight excluding hydrogens is 1250 g/mol. The van der Waals surface area contributed by atoms with Gasteiger partial charge in [-0.15, -0.1) is 0 Å². The van der Waals surface area contributed by atoms with E-state index in [4.69, 9.17) is 23.7 Å². The molecular formula is C87H61B3N4O5S. The van der Waals surface area contributed by atoms with Gasteiger partial charge in [-0.1, -0.05) is 117 Å². The zero-order chi connectivity index (χ0) is 66.7. The number of hydrogen-bond donors (Lipinski definition) is 0. The number of rotatable bonds is 4. The number of fused-ring (bicyclic) bond motifs is 21. The molecule has 0 fully saturated rings. The molecule has 0 amide bonds. The van der Waals surface area contributed by atoms with Crippen LogP contribution in [0.5, 0.6) is 57.5 Å². The van der Waals surface area contributed by atoms with Crippen LogP contribution in [0, 0.1) is 55.4 Å². The highest BCUT2D eigenvalue weighted by Crippen LogP contribution is 2.48. The van der Waals surface area contributed by atoms with Crippen LogP contribution >= 0.6 is 11.9 Å². The van der Waals surface area contributed by atoms with E-state index in [9.17, 15) is 0 Å².